The van der Waals surface area contributed by atoms with Gasteiger partial charge in [-0.25, -0.2) is 9.78 Å². The lowest BCUT2D eigenvalue weighted by molar-refractivity contribution is -0.192. The van der Waals surface area contributed by atoms with Crippen LogP contribution in [0.3, 0.4) is 0 Å². The van der Waals surface area contributed by atoms with Gasteiger partial charge in [-0.15, -0.1) is 0 Å². The fourth-order valence-electron chi connectivity index (χ4n) is 4.02. The average Bonchev–Trinajstić information content (AvgIpc) is 3.43. The number of alkyl halides is 3. The van der Waals surface area contributed by atoms with Crippen LogP contribution in [0.15, 0.2) is 37.1 Å². The Hall–Kier alpha value is -4.04. The van der Waals surface area contributed by atoms with Crippen molar-refractivity contribution in [2.75, 3.05) is 44.4 Å². The molecule has 0 radical (unpaired) electrons. The lowest BCUT2D eigenvalue weighted by atomic mass is 9.90. The Bertz CT molecular complexity index is 1470. The summed E-state index contributed by atoms with van der Waals surface area (Å²) in [5.41, 5.74) is 5.42. The number of amides is 1. The van der Waals surface area contributed by atoms with Gasteiger partial charge in [0, 0.05) is 30.9 Å². The molecule has 12 nitrogen and oxygen atoms in total. The van der Waals surface area contributed by atoms with E-state index >= 15 is 0 Å². The number of aliphatic carboxylic acids is 1. The minimum Gasteiger partial charge on any atom is -0.475 e. The molecule has 4 rings (SSSR count). The minimum absolute atomic E-state index is 0.126. The lowest BCUT2D eigenvalue weighted by Gasteiger charge is -2.27. The van der Waals surface area contributed by atoms with Crippen molar-refractivity contribution in [3.05, 3.63) is 59.7 Å². The summed E-state index contributed by atoms with van der Waals surface area (Å²) in [5.74, 6) is -2.99. The number of rotatable bonds is 6. The summed E-state index contributed by atoms with van der Waals surface area (Å²) in [6, 6.07) is 8.04. The number of aromatic nitrogens is 2. The largest absolute Gasteiger partial charge is 0.490 e. The van der Waals surface area contributed by atoms with E-state index in [0.29, 0.717) is 6.26 Å². The maximum absolute atomic E-state index is 12.7. The fraction of sp³-hybridized carbons (Fsp3) is 0.407. The number of hydrogen-bond donors (Lipinski definition) is 4. The molecule has 0 atom stereocenters. The number of carboxylic acid groups (broad SMARTS) is 1. The highest BCUT2D eigenvalue weighted by Gasteiger charge is 2.38. The molecule has 1 aliphatic carbocycles. The maximum atomic E-state index is 12.7. The number of nitriles is 1. The van der Waals surface area contributed by atoms with Crippen LogP contribution in [0.5, 0.6) is 0 Å². The summed E-state index contributed by atoms with van der Waals surface area (Å²) >= 11 is 0. The number of carboxylic acids is 1. The first-order valence-electron chi connectivity index (χ1n) is 12.9. The van der Waals surface area contributed by atoms with Crippen molar-refractivity contribution in [2.24, 2.45) is 0 Å². The maximum Gasteiger partial charge on any atom is 0.490 e. The molecule has 1 saturated heterocycles. The van der Waals surface area contributed by atoms with E-state index in [-0.39, 0.29) is 17.4 Å². The number of ether oxygens (including phenoxy) is 1. The van der Waals surface area contributed by atoms with Crippen molar-refractivity contribution >= 4 is 38.8 Å². The summed E-state index contributed by atoms with van der Waals surface area (Å²) in [6.45, 7) is 8.48. The van der Waals surface area contributed by atoms with Crippen LogP contribution >= 0.6 is 0 Å². The van der Waals surface area contributed by atoms with Gasteiger partial charge in [-0.2, -0.15) is 26.9 Å². The summed E-state index contributed by atoms with van der Waals surface area (Å²) in [6.07, 6.45) is 3.63. The predicted octanol–water partition coefficient (Wildman–Crippen LogP) is 3.97. The highest BCUT2D eigenvalue weighted by Crippen LogP contribution is 2.34. The van der Waals surface area contributed by atoms with E-state index in [4.69, 9.17) is 24.5 Å². The topological polar surface area (TPSA) is 186 Å². The molecule has 0 unspecified atom stereocenters. The predicted molar refractivity (Wildman–Crippen MR) is 152 cm³/mol. The van der Waals surface area contributed by atoms with Gasteiger partial charge in [0.25, 0.3) is 16.0 Å². The number of carbonyl (C=O) groups is 2. The van der Waals surface area contributed by atoms with Crippen molar-refractivity contribution in [3.8, 4) is 6.07 Å². The molecule has 0 saturated carbocycles. The average molecular weight is 628 g/mol. The Labute approximate surface area is 246 Å². The number of aromatic amines is 1. The van der Waals surface area contributed by atoms with E-state index in [0.717, 1.165) is 74.5 Å². The first kappa shape index (κ1) is 35.2. The molecule has 43 heavy (non-hydrogen) atoms. The summed E-state index contributed by atoms with van der Waals surface area (Å²) < 4.78 is 63.0. The van der Waals surface area contributed by atoms with Gasteiger partial charge in [0.05, 0.1) is 25.7 Å². The Kier molecular flexibility index (Phi) is 13.1. The molecule has 1 aliphatic heterocycles. The number of hydrogen-bond acceptors (Lipinski definition) is 8. The number of nitrogens with one attached hydrogen (secondary N) is 2. The number of allylic oxidation sites excluding steroid dienone is 2. The molecule has 234 valence electrons. The normalized spacial score (nSPS) is 15.4. The zero-order valence-corrected chi connectivity index (χ0v) is 24.1. The van der Waals surface area contributed by atoms with Gasteiger partial charge >= 0.3 is 12.1 Å². The molecule has 1 amide bonds. The van der Waals surface area contributed by atoms with Gasteiger partial charge in [-0.1, -0.05) is 18.7 Å². The van der Waals surface area contributed by atoms with Crippen LogP contribution in [0.1, 0.15) is 53.1 Å². The quantitative estimate of drug-likeness (QED) is 0.342. The Morgan fingerprint density at radius 1 is 1.26 bits per heavy atom. The Morgan fingerprint density at radius 3 is 2.40 bits per heavy atom. The van der Waals surface area contributed by atoms with Crippen molar-refractivity contribution in [1.29, 1.82) is 5.26 Å². The summed E-state index contributed by atoms with van der Waals surface area (Å²) in [4.78, 5) is 30.7. The molecule has 16 heteroatoms. The van der Waals surface area contributed by atoms with Crippen molar-refractivity contribution < 1.29 is 45.6 Å². The van der Waals surface area contributed by atoms with Gasteiger partial charge < -0.3 is 20.1 Å². The number of morpholine rings is 1. The van der Waals surface area contributed by atoms with E-state index in [9.17, 15) is 26.4 Å². The Morgan fingerprint density at radius 2 is 1.88 bits per heavy atom. The smallest absolute Gasteiger partial charge is 0.475 e. The van der Waals surface area contributed by atoms with E-state index in [2.05, 4.69) is 38.9 Å². The second-order valence-electron chi connectivity index (χ2n) is 9.47. The number of carbonyl (C=O) groups excluding carboxylic acids is 1. The molecule has 2 aromatic rings. The summed E-state index contributed by atoms with van der Waals surface area (Å²) in [7, 11) is -3.67. The molecule has 1 aromatic heterocycles. The second-order valence-corrected chi connectivity index (χ2v) is 10.9. The van der Waals surface area contributed by atoms with Gasteiger partial charge in [0.15, 0.2) is 5.82 Å². The van der Waals surface area contributed by atoms with Gasteiger partial charge in [-0.05, 0) is 54.5 Å². The van der Waals surface area contributed by atoms with Crippen LogP contribution < -0.4 is 5.32 Å². The zero-order valence-electron chi connectivity index (χ0n) is 23.3. The van der Waals surface area contributed by atoms with Gasteiger partial charge in [0.2, 0.25) is 0 Å². The van der Waals surface area contributed by atoms with Crippen LogP contribution in [0.25, 0.3) is 11.1 Å². The number of nitrogens with zero attached hydrogens (tertiary/aromatic N) is 3. The highest BCUT2D eigenvalue weighted by atomic mass is 32.2. The molecule has 2 aliphatic rings. The SMILES string of the molecule is C=C(CN1CCOCC1)c1ccc(NC(=O)c2ncc(C#N)[nH]2)c(C2=CCCCC2)c1.CS(=O)(=O)O.O=C(O)C(F)(F)F. The van der Waals surface area contributed by atoms with E-state index < -0.39 is 22.3 Å². The molecule has 4 N–H and O–H groups in total. The Balaban J connectivity index is 0.000000455. The first-order chi connectivity index (χ1) is 20.1. The third kappa shape index (κ3) is 12.8. The van der Waals surface area contributed by atoms with Crippen LogP contribution in [0.4, 0.5) is 18.9 Å². The molecular weight excluding hydrogens is 595 g/mol. The molecule has 2 heterocycles. The molecular formula is C27H32F3N5O7S. The van der Waals surface area contributed by atoms with E-state index in [1.54, 1.807) is 0 Å². The van der Waals surface area contributed by atoms with E-state index in [1.807, 2.05) is 18.2 Å². The zero-order chi connectivity index (χ0) is 32.2. The van der Waals surface area contributed by atoms with E-state index in [1.165, 1.54) is 18.2 Å². The van der Waals surface area contributed by atoms with Crippen molar-refractivity contribution in [3.63, 3.8) is 0 Å². The monoisotopic (exact) mass is 627 g/mol. The van der Waals surface area contributed by atoms with Crippen LogP contribution in [-0.2, 0) is 19.6 Å². The minimum atomic E-state index is -5.08. The molecule has 0 bridgehead atoms. The van der Waals surface area contributed by atoms with Crippen LogP contribution in [-0.4, -0.2) is 90.1 Å². The van der Waals surface area contributed by atoms with Gasteiger partial charge in [-0.3, -0.25) is 14.2 Å². The number of anilines is 1. The fourth-order valence-corrected chi connectivity index (χ4v) is 4.02. The first-order valence-corrected chi connectivity index (χ1v) is 14.7. The van der Waals surface area contributed by atoms with Crippen LogP contribution in [0.2, 0.25) is 0 Å². The van der Waals surface area contributed by atoms with Crippen molar-refractivity contribution in [1.82, 2.24) is 14.9 Å². The second kappa shape index (κ2) is 16.0. The number of halogens is 3. The number of benzene rings is 1. The molecule has 1 fully saturated rings. The third-order valence-corrected chi connectivity index (χ3v) is 5.98. The van der Waals surface area contributed by atoms with Gasteiger partial charge in [0.1, 0.15) is 11.8 Å². The standard InChI is InChI=1S/C24H27N5O2.C2HF3O2.CH4O3S/c1-17(16-29-9-11-31-12-10-29)19-7-8-22(21(13-19)18-5-3-2-4-6-18)28-24(30)23-26-15-20(14-25)27-23;3-2(4,5)1(6)7;1-5(2,3)4/h5,7-8,13,15H,1-4,6,9-12,16H2,(H,26,27)(H,28,30);(H,6,7);1H3,(H,2,3,4). The number of imidazole rings is 1. The highest BCUT2D eigenvalue weighted by molar-refractivity contribution is 7.85. The summed E-state index contributed by atoms with van der Waals surface area (Å²) in [5, 5.41) is 19.1. The number of H-pyrrole nitrogens is 1. The molecule has 1 aromatic carbocycles. The lowest BCUT2D eigenvalue weighted by Crippen LogP contribution is -2.37. The molecule has 0 spiro atoms. The third-order valence-electron chi connectivity index (χ3n) is 5.98. The van der Waals surface area contributed by atoms with Crippen molar-refractivity contribution in [2.45, 2.75) is 31.9 Å². The van der Waals surface area contributed by atoms with Crippen LogP contribution in [0, 0.1) is 11.3 Å².